The molecule has 1 amide bonds. The van der Waals surface area contributed by atoms with Crippen molar-refractivity contribution in [2.75, 3.05) is 30.7 Å². The van der Waals surface area contributed by atoms with Gasteiger partial charge in [0.15, 0.2) is 11.5 Å². The lowest BCUT2D eigenvalue weighted by atomic mass is 10.2. The van der Waals surface area contributed by atoms with Gasteiger partial charge in [-0.15, -0.1) is 0 Å². The summed E-state index contributed by atoms with van der Waals surface area (Å²) in [6, 6.07) is 20.1. The summed E-state index contributed by atoms with van der Waals surface area (Å²) in [6.45, 7) is 6.91. The molecule has 0 bridgehead atoms. The number of nitrogens with zero attached hydrogens (tertiary/aromatic N) is 1. The third-order valence-electron chi connectivity index (χ3n) is 5.15. The molecule has 0 saturated carbocycles. The number of nitrogens with one attached hydrogen (secondary N) is 1. The van der Waals surface area contributed by atoms with Crippen molar-refractivity contribution in [2.45, 2.75) is 32.2 Å². The maximum absolute atomic E-state index is 13.5. The number of benzene rings is 3. The minimum Gasteiger partial charge on any atom is -0.494 e. The van der Waals surface area contributed by atoms with Gasteiger partial charge in [-0.05, 0) is 74.9 Å². The van der Waals surface area contributed by atoms with Gasteiger partial charge in [-0.2, -0.15) is 0 Å². The maximum Gasteiger partial charge on any atom is 0.264 e. The fraction of sp³-hybridized carbons (Fsp3) is 0.296. The predicted octanol–water partition coefficient (Wildman–Crippen LogP) is 4.39. The topological polar surface area (TPSA) is 94.2 Å². The largest absolute Gasteiger partial charge is 0.494 e. The molecule has 0 unspecified atom stereocenters. The Morgan fingerprint density at radius 3 is 2.08 bits per heavy atom. The lowest BCUT2D eigenvalue weighted by Gasteiger charge is -2.24. The summed E-state index contributed by atoms with van der Waals surface area (Å²) in [5.41, 5.74) is 1.19. The number of hydrogen-bond acceptors (Lipinski definition) is 6. The summed E-state index contributed by atoms with van der Waals surface area (Å²) in [5.74, 6) is 1.35. The zero-order valence-corrected chi connectivity index (χ0v) is 21.6. The summed E-state index contributed by atoms with van der Waals surface area (Å²) in [5, 5.41) is 2.81. The van der Waals surface area contributed by atoms with E-state index in [1.807, 2.05) is 26.8 Å². The second kappa shape index (κ2) is 12.8. The minimum atomic E-state index is -4.01. The first-order valence-electron chi connectivity index (χ1n) is 11.8. The number of para-hydroxylation sites is 1. The number of carbonyl (C=O) groups excluding carboxylic acids is 1. The van der Waals surface area contributed by atoms with Gasteiger partial charge in [0.2, 0.25) is 5.91 Å². The molecule has 0 atom stereocenters. The van der Waals surface area contributed by atoms with Crippen LogP contribution in [0.1, 0.15) is 26.3 Å². The van der Waals surface area contributed by atoms with Crippen LogP contribution < -0.4 is 23.8 Å². The molecule has 9 heteroatoms. The molecule has 0 aliphatic carbocycles. The molecule has 8 nitrogen and oxygen atoms in total. The van der Waals surface area contributed by atoms with Crippen LogP contribution in [0.2, 0.25) is 0 Å². The Kier molecular flexibility index (Phi) is 9.58. The van der Waals surface area contributed by atoms with Gasteiger partial charge in [-0.25, -0.2) is 8.42 Å². The van der Waals surface area contributed by atoms with Crippen LogP contribution in [-0.2, 0) is 21.4 Å². The molecule has 192 valence electrons. The van der Waals surface area contributed by atoms with Crippen molar-refractivity contribution >= 4 is 21.6 Å². The number of carbonyl (C=O) groups is 1. The summed E-state index contributed by atoms with van der Waals surface area (Å²) < 4.78 is 44.7. The average molecular weight is 513 g/mol. The molecule has 0 fully saturated rings. The third kappa shape index (κ3) is 6.91. The van der Waals surface area contributed by atoms with E-state index in [1.54, 1.807) is 54.6 Å². The first-order chi connectivity index (χ1) is 17.4. The second-order valence-corrected chi connectivity index (χ2v) is 9.54. The van der Waals surface area contributed by atoms with Crippen molar-refractivity contribution in [3.8, 4) is 17.2 Å². The van der Waals surface area contributed by atoms with Gasteiger partial charge in [0.25, 0.3) is 10.0 Å². The van der Waals surface area contributed by atoms with Crippen LogP contribution in [-0.4, -0.2) is 40.7 Å². The Morgan fingerprint density at radius 1 is 0.806 bits per heavy atom. The van der Waals surface area contributed by atoms with Crippen LogP contribution in [0.25, 0.3) is 0 Å². The Balaban J connectivity index is 1.78. The molecule has 1 N–H and O–H groups in total. The van der Waals surface area contributed by atoms with Crippen LogP contribution in [0.5, 0.6) is 17.2 Å². The van der Waals surface area contributed by atoms with E-state index in [4.69, 9.17) is 14.2 Å². The lowest BCUT2D eigenvalue weighted by molar-refractivity contribution is -0.119. The minimum absolute atomic E-state index is 0.0653. The molecule has 0 spiro atoms. The highest BCUT2D eigenvalue weighted by atomic mass is 32.2. The highest BCUT2D eigenvalue weighted by Gasteiger charge is 2.27. The molecule has 0 saturated heterocycles. The zero-order valence-electron chi connectivity index (χ0n) is 20.8. The van der Waals surface area contributed by atoms with E-state index in [2.05, 4.69) is 5.32 Å². The number of sulfonamides is 1. The molecular formula is C27H32N2O6S. The van der Waals surface area contributed by atoms with Crippen LogP contribution >= 0.6 is 0 Å². The average Bonchev–Trinajstić information content (AvgIpc) is 2.88. The highest BCUT2D eigenvalue weighted by Crippen LogP contribution is 2.29. The number of anilines is 1. The molecule has 36 heavy (non-hydrogen) atoms. The zero-order chi connectivity index (χ0) is 26.0. The number of rotatable bonds is 13. The van der Waals surface area contributed by atoms with E-state index in [1.165, 1.54) is 12.1 Å². The standard InChI is InChI=1S/C27H32N2O6S/c1-4-33-23-13-15-24(16-14-23)36(31,32)29(22-10-8-7-9-11-22)20-27(30)28-19-21-12-17-25(34-5-2)26(18-21)35-6-3/h7-18H,4-6,19-20H2,1-3H3,(H,28,30). The number of ether oxygens (including phenoxy) is 3. The maximum atomic E-state index is 13.5. The van der Waals surface area contributed by atoms with Crippen molar-refractivity contribution in [1.29, 1.82) is 0 Å². The summed E-state index contributed by atoms with van der Waals surface area (Å²) in [4.78, 5) is 13.0. The predicted molar refractivity (Wildman–Crippen MR) is 139 cm³/mol. The third-order valence-corrected chi connectivity index (χ3v) is 6.94. The molecule has 0 aliphatic rings. The van der Waals surface area contributed by atoms with Crippen LogP contribution in [0.3, 0.4) is 0 Å². The Labute approximate surface area is 212 Å². The van der Waals surface area contributed by atoms with Gasteiger partial charge in [0.05, 0.1) is 30.4 Å². The van der Waals surface area contributed by atoms with Gasteiger partial charge in [0, 0.05) is 6.54 Å². The normalized spacial score (nSPS) is 11.0. The van der Waals surface area contributed by atoms with E-state index in [0.717, 1.165) is 9.87 Å². The van der Waals surface area contributed by atoms with Gasteiger partial charge < -0.3 is 19.5 Å². The first-order valence-corrected chi connectivity index (χ1v) is 13.3. The Hall–Kier alpha value is -3.72. The van der Waals surface area contributed by atoms with Crippen molar-refractivity contribution in [3.05, 3.63) is 78.4 Å². The SMILES string of the molecule is CCOc1ccc(S(=O)(=O)N(CC(=O)NCc2ccc(OCC)c(OCC)c2)c2ccccc2)cc1. The Bertz CT molecular complexity index is 1230. The van der Waals surface area contributed by atoms with Gasteiger partial charge in [0.1, 0.15) is 12.3 Å². The molecule has 0 radical (unpaired) electrons. The van der Waals surface area contributed by atoms with Crippen molar-refractivity contribution in [1.82, 2.24) is 5.32 Å². The van der Waals surface area contributed by atoms with Gasteiger partial charge in [-0.3, -0.25) is 9.10 Å². The van der Waals surface area contributed by atoms with Crippen molar-refractivity contribution in [3.63, 3.8) is 0 Å². The smallest absolute Gasteiger partial charge is 0.264 e. The molecular weight excluding hydrogens is 480 g/mol. The molecule has 0 aliphatic heterocycles. The summed E-state index contributed by atoms with van der Waals surface area (Å²) in [6.07, 6.45) is 0. The quantitative estimate of drug-likeness (QED) is 0.365. The first kappa shape index (κ1) is 26.9. The monoisotopic (exact) mass is 512 g/mol. The molecule has 0 heterocycles. The van der Waals surface area contributed by atoms with Crippen LogP contribution in [0.4, 0.5) is 5.69 Å². The molecule has 3 rings (SSSR count). The number of amides is 1. The molecule has 0 aromatic heterocycles. The Morgan fingerprint density at radius 2 is 1.44 bits per heavy atom. The van der Waals surface area contributed by atoms with Crippen molar-refractivity contribution in [2.24, 2.45) is 0 Å². The van der Waals surface area contributed by atoms with Gasteiger partial charge in [-0.1, -0.05) is 24.3 Å². The van der Waals surface area contributed by atoms with Crippen LogP contribution in [0, 0.1) is 0 Å². The number of hydrogen-bond donors (Lipinski definition) is 1. The molecule has 3 aromatic rings. The fourth-order valence-electron chi connectivity index (χ4n) is 3.50. The van der Waals surface area contributed by atoms with Crippen LogP contribution in [0.15, 0.2) is 77.7 Å². The summed E-state index contributed by atoms with van der Waals surface area (Å²) >= 11 is 0. The van der Waals surface area contributed by atoms with E-state index in [-0.39, 0.29) is 18.0 Å². The summed E-state index contributed by atoms with van der Waals surface area (Å²) in [7, 11) is -4.01. The second-order valence-electron chi connectivity index (χ2n) is 7.68. The van der Waals surface area contributed by atoms with E-state index in [9.17, 15) is 13.2 Å². The van der Waals surface area contributed by atoms with Gasteiger partial charge >= 0.3 is 0 Å². The lowest BCUT2D eigenvalue weighted by Crippen LogP contribution is -2.40. The van der Waals surface area contributed by atoms with E-state index < -0.39 is 15.9 Å². The fourth-order valence-corrected chi connectivity index (χ4v) is 4.92. The molecule has 3 aromatic carbocycles. The van der Waals surface area contributed by atoms with Crippen molar-refractivity contribution < 1.29 is 27.4 Å². The van der Waals surface area contributed by atoms with E-state index >= 15 is 0 Å². The highest BCUT2D eigenvalue weighted by molar-refractivity contribution is 7.92. The van der Waals surface area contributed by atoms with E-state index in [0.29, 0.717) is 42.8 Å².